The van der Waals surface area contributed by atoms with Crippen molar-refractivity contribution < 1.29 is 19.0 Å². The van der Waals surface area contributed by atoms with Crippen molar-refractivity contribution in [2.75, 3.05) is 26.8 Å². The highest BCUT2D eigenvalue weighted by Gasteiger charge is 2.28. The van der Waals surface area contributed by atoms with Gasteiger partial charge in [0.25, 0.3) is 5.91 Å². The van der Waals surface area contributed by atoms with Gasteiger partial charge in [0, 0.05) is 25.2 Å². The van der Waals surface area contributed by atoms with E-state index in [0.29, 0.717) is 30.5 Å². The largest absolute Gasteiger partial charge is 0.493 e. The Balaban J connectivity index is 1.49. The number of carbonyl (C=O) groups is 1. The third kappa shape index (κ3) is 3.92. The highest BCUT2D eigenvalue weighted by Crippen LogP contribution is 2.26. The van der Waals surface area contributed by atoms with E-state index in [0.717, 1.165) is 6.42 Å². The van der Waals surface area contributed by atoms with Crippen molar-refractivity contribution >= 4 is 5.91 Å². The summed E-state index contributed by atoms with van der Waals surface area (Å²) >= 11 is 0. The molecule has 7 heteroatoms. The van der Waals surface area contributed by atoms with E-state index in [9.17, 15) is 4.79 Å². The zero-order valence-corrected chi connectivity index (χ0v) is 13.4. The van der Waals surface area contributed by atoms with Crippen molar-refractivity contribution in [3.63, 3.8) is 0 Å². The Morgan fingerprint density at radius 2 is 2.08 bits per heavy atom. The van der Waals surface area contributed by atoms with Gasteiger partial charge in [0.05, 0.1) is 13.7 Å². The second-order valence-electron chi connectivity index (χ2n) is 5.37. The van der Waals surface area contributed by atoms with Gasteiger partial charge in [-0.25, -0.2) is 0 Å². The molecule has 0 spiro atoms. The molecule has 126 valence electrons. The summed E-state index contributed by atoms with van der Waals surface area (Å²) in [6.07, 6.45) is 2.28. The molecule has 1 fully saturated rings. The van der Waals surface area contributed by atoms with Crippen LogP contribution in [0.25, 0.3) is 0 Å². The zero-order chi connectivity index (χ0) is 16.8. The van der Waals surface area contributed by atoms with E-state index in [-0.39, 0.29) is 18.6 Å². The van der Waals surface area contributed by atoms with Gasteiger partial charge < -0.3 is 19.1 Å². The Kier molecular flexibility index (Phi) is 5.10. The van der Waals surface area contributed by atoms with E-state index in [1.165, 1.54) is 0 Å². The van der Waals surface area contributed by atoms with Gasteiger partial charge in [-0.2, -0.15) is 5.10 Å². The summed E-state index contributed by atoms with van der Waals surface area (Å²) in [6, 6.07) is 10.8. The highest BCUT2D eigenvalue weighted by atomic mass is 16.5. The van der Waals surface area contributed by atoms with Crippen LogP contribution in [-0.4, -0.2) is 53.9 Å². The molecule has 0 saturated carbocycles. The number of aromatic nitrogens is 2. The molecule has 0 aliphatic carbocycles. The van der Waals surface area contributed by atoms with E-state index in [4.69, 9.17) is 14.2 Å². The minimum Gasteiger partial charge on any atom is -0.493 e. The molecule has 7 nitrogen and oxygen atoms in total. The molecule has 0 bridgehead atoms. The van der Waals surface area contributed by atoms with Gasteiger partial charge in [0.2, 0.25) is 5.88 Å². The fourth-order valence-corrected chi connectivity index (χ4v) is 2.54. The lowest BCUT2D eigenvalue weighted by molar-refractivity contribution is -0.132. The SMILES string of the molecule is COc1ccccc1OCC(=O)N1CC[C@H](Oc2cccnn2)C1. The molecular formula is C17H19N3O4. The molecule has 2 heterocycles. The van der Waals surface area contributed by atoms with Crippen molar-refractivity contribution in [2.24, 2.45) is 0 Å². The molecule has 3 rings (SSSR count). The monoisotopic (exact) mass is 329 g/mol. The normalized spacial score (nSPS) is 16.7. The summed E-state index contributed by atoms with van der Waals surface area (Å²) in [5.41, 5.74) is 0. The van der Waals surface area contributed by atoms with Gasteiger partial charge in [-0.1, -0.05) is 12.1 Å². The third-order valence-electron chi connectivity index (χ3n) is 3.75. The second-order valence-corrected chi connectivity index (χ2v) is 5.37. The summed E-state index contributed by atoms with van der Waals surface area (Å²) in [5, 5.41) is 7.67. The first-order valence-corrected chi connectivity index (χ1v) is 7.74. The molecule has 24 heavy (non-hydrogen) atoms. The highest BCUT2D eigenvalue weighted by molar-refractivity contribution is 5.78. The number of hydrogen-bond acceptors (Lipinski definition) is 6. The molecule has 0 radical (unpaired) electrons. The van der Waals surface area contributed by atoms with E-state index in [1.807, 2.05) is 12.1 Å². The Hall–Kier alpha value is -2.83. The van der Waals surface area contributed by atoms with E-state index >= 15 is 0 Å². The standard InChI is InChI=1S/C17H19N3O4/c1-22-14-5-2-3-6-15(14)23-12-17(21)20-10-8-13(11-20)24-16-7-4-9-18-19-16/h2-7,9,13H,8,10-12H2,1H3/t13-/m0/s1. The average Bonchev–Trinajstić information content (AvgIpc) is 3.09. The van der Waals surface area contributed by atoms with E-state index in [1.54, 1.807) is 42.5 Å². The Bertz CT molecular complexity index is 681. The van der Waals surface area contributed by atoms with Gasteiger partial charge in [-0.15, -0.1) is 5.10 Å². The lowest BCUT2D eigenvalue weighted by Crippen LogP contribution is -2.34. The van der Waals surface area contributed by atoms with Crippen molar-refractivity contribution in [3.8, 4) is 17.4 Å². The fourth-order valence-electron chi connectivity index (χ4n) is 2.54. The second kappa shape index (κ2) is 7.63. The molecule has 1 aromatic carbocycles. The lowest BCUT2D eigenvalue weighted by Gasteiger charge is -2.17. The Morgan fingerprint density at radius 1 is 1.25 bits per heavy atom. The van der Waals surface area contributed by atoms with Crippen LogP contribution in [-0.2, 0) is 4.79 Å². The number of hydrogen-bond donors (Lipinski definition) is 0. The van der Waals surface area contributed by atoms with Gasteiger partial charge in [-0.05, 0) is 18.2 Å². The van der Waals surface area contributed by atoms with Crippen LogP contribution >= 0.6 is 0 Å². The summed E-state index contributed by atoms with van der Waals surface area (Å²) in [7, 11) is 1.57. The van der Waals surface area contributed by atoms with Crippen molar-refractivity contribution in [1.82, 2.24) is 15.1 Å². The predicted molar refractivity (Wildman–Crippen MR) is 86.1 cm³/mol. The van der Waals surface area contributed by atoms with Crippen molar-refractivity contribution in [1.29, 1.82) is 0 Å². The molecule has 1 aliphatic heterocycles. The molecule has 0 N–H and O–H groups in total. The molecule has 1 aliphatic rings. The predicted octanol–water partition coefficient (Wildman–Crippen LogP) is 1.54. The van der Waals surface area contributed by atoms with Crippen LogP contribution in [0.3, 0.4) is 0 Å². The van der Waals surface area contributed by atoms with Crippen LogP contribution in [0.5, 0.6) is 17.4 Å². The minimum absolute atomic E-state index is 0.0295. The number of ether oxygens (including phenoxy) is 3. The van der Waals surface area contributed by atoms with Gasteiger partial charge in [-0.3, -0.25) is 4.79 Å². The number of amides is 1. The van der Waals surface area contributed by atoms with Crippen LogP contribution in [0.1, 0.15) is 6.42 Å². The van der Waals surface area contributed by atoms with Gasteiger partial charge in [0.15, 0.2) is 18.1 Å². The van der Waals surface area contributed by atoms with Crippen molar-refractivity contribution in [3.05, 3.63) is 42.6 Å². The molecule has 0 unspecified atom stereocenters. The average molecular weight is 329 g/mol. The molecule has 2 aromatic rings. The van der Waals surface area contributed by atoms with Crippen LogP contribution in [0, 0.1) is 0 Å². The number of carbonyl (C=O) groups excluding carboxylic acids is 1. The number of benzene rings is 1. The van der Waals surface area contributed by atoms with Gasteiger partial charge >= 0.3 is 0 Å². The zero-order valence-electron chi connectivity index (χ0n) is 13.4. The maximum atomic E-state index is 12.3. The summed E-state index contributed by atoms with van der Waals surface area (Å²) in [5.74, 6) is 1.56. The number of methoxy groups -OCH3 is 1. The Labute approximate surface area is 140 Å². The molecular weight excluding hydrogens is 310 g/mol. The first kappa shape index (κ1) is 16.0. The molecule has 1 saturated heterocycles. The quantitative estimate of drug-likeness (QED) is 0.800. The molecule has 1 amide bonds. The number of likely N-dealkylation sites (tertiary alicyclic amines) is 1. The smallest absolute Gasteiger partial charge is 0.260 e. The summed E-state index contributed by atoms with van der Waals surface area (Å²) in [4.78, 5) is 14.0. The first-order valence-electron chi connectivity index (χ1n) is 7.74. The maximum absolute atomic E-state index is 12.3. The fraction of sp³-hybridized carbons (Fsp3) is 0.353. The van der Waals surface area contributed by atoms with E-state index < -0.39 is 0 Å². The summed E-state index contributed by atoms with van der Waals surface area (Å²) < 4.78 is 16.5. The number of rotatable bonds is 6. The first-order chi connectivity index (χ1) is 11.8. The summed E-state index contributed by atoms with van der Waals surface area (Å²) in [6.45, 7) is 1.13. The number of nitrogens with zero attached hydrogens (tertiary/aromatic N) is 3. The van der Waals surface area contributed by atoms with Crippen LogP contribution in [0.4, 0.5) is 0 Å². The third-order valence-corrected chi connectivity index (χ3v) is 3.75. The lowest BCUT2D eigenvalue weighted by atomic mass is 10.3. The maximum Gasteiger partial charge on any atom is 0.260 e. The molecule has 1 atom stereocenters. The Morgan fingerprint density at radius 3 is 2.83 bits per heavy atom. The number of para-hydroxylation sites is 2. The topological polar surface area (TPSA) is 73.8 Å². The molecule has 1 aromatic heterocycles. The van der Waals surface area contributed by atoms with Crippen LogP contribution in [0.2, 0.25) is 0 Å². The van der Waals surface area contributed by atoms with Crippen LogP contribution in [0.15, 0.2) is 42.6 Å². The minimum atomic E-state index is -0.0776. The van der Waals surface area contributed by atoms with Gasteiger partial charge in [0.1, 0.15) is 6.10 Å². The van der Waals surface area contributed by atoms with Crippen LogP contribution < -0.4 is 14.2 Å². The van der Waals surface area contributed by atoms with Crippen molar-refractivity contribution in [2.45, 2.75) is 12.5 Å². The van der Waals surface area contributed by atoms with E-state index in [2.05, 4.69) is 10.2 Å².